The molecule has 7 nitrogen and oxygen atoms in total. The van der Waals surface area contributed by atoms with Crippen LogP contribution in [0.5, 0.6) is 0 Å². The van der Waals surface area contributed by atoms with E-state index in [1.54, 1.807) is 6.07 Å². The summed E-state index contributed by atoms with van der Waals surface area (Å²) in [5.41, 5.74) is 4.56. The lowest BCUT2D eigenvalue weighted by atomic mass is 9.98. The summed E-state index contributed by atoms with van der Waals surface area (Å²) in [6.07, 6.45) is -0.642. The number of benzene rings is 3. The first-order valence-corrected chi connectivity index (χ1v) is 11.1. The fourth-order valence-corrected chi connectivity index (χ4v) is 4.21. The summed E-state index contributed by atoms with van der Waals surface area (Å²) in [5.74, 6) is 2.92. The Hall–Kier alpha value is -4.09. The lowest BCUT2D eigenvalue weighted by molar-refractivity contribution is -0.111. The Morgan fingerprint density at radius 3 is 2.26 bits per heavy atom. The highest BCUT2D eigenvalue weighted by molar-refractivity contribution is 9.10. The van der Waals surface area contributed by atoms with E-state index in [0.29, 0.717) is 4.47 Å². The maximum atomic E-state index is 12.1. The van der Waals surface area contributed by atoms with Crippen LogP contribution in [0.4, 0.5) is 10.5 Å². The van der Waals surface area contributed by atoms with Gasteiger partial charge in [0.25, 0.3) is 5.91 Å². The van der Waals surface area contributed by atoms with Gasteiger partial charge in [-0.1, -0.05) is 70.4 Å². The zero-order chi connectivity index (χ0) is 24.1. The molecule has 34 heavy (non-hydrogen) atoms. The van der Waals surface area contributed by atoms with Gasteiger partial charge in [0.15, 0.2) is 0 Å². The molecule has 0 spiro atoms. The highest BCUT2D eigenvalue weighted by Crippen LogP contribution is 2.44. The summed E-state index contributed by atoms with van der Waals surface area (Å²) in [6.45, 7) is 0.0724. The molecule has 0 aromatic heterocycles. The average molecular weight is 519 g/mol. The number of amides is 2. The minimum atomic E-state index is -1.17. The Labute approximate surface area is 204 Å². The minimum absolute atomic E-state index is 0.0522. The number of aromatic carboxylic acids is 1. The van der Waals surface area contributed by atoms with Gasteiger partial charge in [0.1, 0.15) is 6.61 Å². The molecule has 1 aliphatic carbocycles. The summed E-state index contributed by atoms with van der Waals surface area (Å²) in [5, 5.41) is 14.1. The van der Waals surface area contributed by atoms with Crippen LogP contribution in [0.25, 0.3) is 11.1 Å². The number of nitrogens with one attached hydrogen (secondary N) is 2. The molecule has 0 radical (unpaired) electrons. The molecule has 3 aromatic carbocycles. The second-order valence-corrected chi connectivity index (χ2v) is 8.35. The van der Waals surface area contributed by atoms with Gasteiger partial charge in [-0.3, -0.25) is 4.79 Å². The smallest absolute Gasteiger partial charge is 0.407 e. The number of hydrogen-bond donors (Lipinski definition) is 3. The third-order valence-electron chi connectivity index (χ3n) is 5.33. The van der Waals surface area contributed by atoms with Crippen molar-refractivity contribution in [3.8, 4) is 23.0 Å². The first kappa shape index (κ1) is 23.1. The van der Waals surface area contributed by atoms with Crippen LogP contribution in [0.1, 0.15) is 27.4 Å². The third-order valence-corrected chi connectivity index (χ3v) is 5.82. The number of carboxylic acid groups (broad SMARTS) is 1. The number of anilines is 1. The largest absolute Gasteiger partial charge is 0.478 e. The number of carbonyl (C=O) groups excluding carboxylic acids is 2. The fourth-order valence-electron chi connectivity index (χ4n) is 3.85. The van der Waals surface area contributed by atoms with Crippen molar-refractivity contribution in [2.24, 2.45) is 0 Å². The van der Waals surface area contributed by atoms with E-state index in [0.717, 1.165) is 22.3 Å². The van der Waals surface area contributed by atoms with Gasteiger partial charge in [0, 0.05) is 10.4 Å². The number of halogens is 1. The molecule has 1 aliphatic rings. The SMILES string of the molecule is O=C(C#CCNC(=O)OCC1c2ccccc2-c2ccccc21)Nc1cc(Br)ccc1C(=O)O. The lowest BCUT2D eigenvalue weighted by Gasteiger charge is -2.14. The van der Waals surface area contributed by atoms with E-state index in [2.05, 4.69) is 50.5 Å². The maximum absolute atomic E-state index is 12.1. The molecular weight excluding hydrogens is 500 g/mol. The normalized spacial score (nSPS) is 11.4. The quantitative estimate of drug-likeness (QED) is 0.427. The van der Waals surface area contributed by atoms with E-state index in [-0.39, 0.29) is 30.3 Å². The summed E-state index contributed by atoms with van der Waals surface area (Å²) < 4.78 is 6.02. The molecular formula is C26H19BrN2O5. The molecule has 0 bridgehead atoms. The van der Waals surface area contributed by atoms with Gasteiger partial charge in [0.2, 0.25) is 0 Å². The number of ether oxygens (including phenoxy) is 1. The molecule has 4 rings (SSSR count). The third kappa shape index (κ3) is 5.11. The van der Waals surface area contributed by atoms with Gasteiger partial charge in [-0.25, -0.2) is 9.59 Å². The monoisotopic (exact) mass is 518 g/mol. The van der Waals surface area contributed by atoms with Gasteiger partial charge in [0.05, 0.1) is 17.8 Å². The van der Waals surface area contributed by atoms with Crippen molar-refractivity contribution in [1.82, 2.24) is 5.32 Å². The van der Waals surface area contributed by atoms with Gasteiger partial charge >= 0.3 is 12.1 Å². The van der Waals surface area contributed by atoms with E-state index in [4.69, 9.17) is 4.74 Å². The first-order valence-electron chi connectivity index (χ1n) is 10.4. The summed E-state index contributed by atoms with van der Waals surface area (Å²) in [7, 11) is 0. The second kappa shape index (κ2) is 10.2. The molecule has 0 saturated carbocycles. The van der Waals surface area contributed by atoms with Crippen LogP contribution < -0.4 is 10.6 Å². The highest BCUT2D eigenvalue weighted by Gasteiger charge is 2.28. The fraction of sp³-hybridized carbons (Fsp3) is 0.115. The number of alkyl carbamates (subject to hydrolysis) is 1. The van der Waals surface area contributed by atoms with E-state index >= 15 is 0 Å². The molecule has 3 aromatic rings. The molecule has 8 heteroatoms. The minimum Gasteiger partial charge on any atom is -0.478 e. The van der Waals surface area contributed by atoms with Crippen LogP contribution in [0.2, 0.25) is 0 Å². The van der Waals surface area contributed by atoms with Gasteiger partial charge in [-0.05, 0) is 46.4 Å². The van der Waals surface area contributed by atoms with Crippen LogP contribution >= 0.6 is 15.9 Å². The number of rotatable bonds is 5. The molecule has 0 unspecified atom stereocenters. The molecule has 170 valence electrons. The zero-order valence-electron chi connectivity index (χ0n) is 17.8. The molecule has 2 amide bonds. The predicted octanol–water partition coefficient (Wildman–Crippen LogP) is 4.63. The summed E-state index contributed by atoms with van der Waals surface area (Å²) >= 11 is 3.23. The van der Waals surface area contributed by atoms with Crippen LogP contribution in [0, 0.1) is 11.8 Å². The zero-order valence-corrected chi connectivity index (χ0v) is 19.4. The van der Waals surface area contributed by atoms with Gasteiger partial charge in [-0.15, -0.1) is 0 Å². The van der Waals surface area contributed by atoms with Crippen molar-refractivity contribution in [1.29, 1.82) is 0 Å². The predicted molar refractivity (Wildman–Crippen MR) is 131 cm³/mol. The van der Waals surface area contributed by atoms with Crippen molar-refractivity contribution in [3.05, 3.63) is 87.9 Å². The van der Waals surface area contributed by atoms with Crippen molar-refractivity contribution in [3.63, 3.8) is 0 Å². The van der Waals surface area contributed by atoms with Crippen molar-refractivity contribution in [2.45, 2.75) is 5.92 Å². The van der Waals surface area contributed by atoms with E-state index in [1.165, 1.54) is 12.1 Å². The lowest BCUT2D eigenvalue weighted by Crippen LogP contribution is -2.26. The molecule has 0 aliphatic heterocycles. The summed E-state index contributed by atoms with van der Waals surface area (Å²) in [4.78, 5) is 35.5. The topological polar surface area (TPSA) is 105 Å². The Morgan fingerprint density at radius 2 is 1.62 bits per heavy atom. The van der Waals surface area contributed by atoms with Gasteiger partial charge in [-0.2, -0.15) is 0 Å². The first-order chi connectivity index (χ1) is 16.4. The highest BCUT2D eigenvalue weighted by atomic mass is 79.9. The molecule has 0 fully saturated rings. The number of carbonyl (C=O) groups is 3. The average Bonchev–Trinajstić information content (AvgIpc) is 3.14. The van der Waals surface area contributed by atoms with E-state index in [1.807, 2.05) is 36.4 Å². The Morgan fingerprint density at radius 1 is 0.971 bits per heavy atom. The maximum Gasteiger partial charge on any atom is 0.407 e. The van der Waals surface area contributed by atoms with Gasteiger partial charge < -0.3 is 20.5 Å². The standard InChI is InChI=1S/C26H19BrN2O5/c27-16-11-12-21(25(31)32)23(14-16)29-24(30)10-5-13-28-26(33)34-15-22-19-8-3-1-6-17(19)18-7-2-4-9-20(18)22/h1-4,6-9,11-12,14,22H,13,15H2,(H,28,33)(H,29,30)(H,31,32). The number of fused-ring (bicyclic) bond motifs is 3. The van der Waals surface area contributed by atoms with Crippen LogP contribution in [-0.4, -0.2) is 36.2 Å². The second-order valence-electron chi connectivity index (χ2n) is 7.43. The van der Waals surface area contributed by atoms with Crippen LogP contribution in [-0.2, 0) is 9.53 Å². The number of carboxylic acids is 1. The van der Waals surface area contributed by atoms with E-state index in [9.17, 15) is 19.5 Å². The Kier molecular flexibility index (Phi) is 6.95. The van der Waals surface area contributed by atoms with Crippen molar-refractivity contribution in [2.75, 3.05) is 18.5 Å². The Bertz CT molecular complexity index is 1300. The van der Waals surface area contributed by atoms with E-state index < -0.39 is 18.0 Å². The summed E-state index contributed by atoms with van der Waals surface area (Å²) in [6, 6.07) is 20.5. The van der Waals surface area contributed by atoms with Crippen LogP contribution in [0.3, 0.4) is 0 Å². The van der Waals surface area contributed by atoms with Crippen molar-refractivity contribution >= 4 is 39.6 Å². The van der Waals surface area contributed by atoms with Crippen molar-refractivity contribution < 1.29 is 24.2 Å². The molecule has 0 heterocycles. The Balaban J connectivity index is 1.30. The molecule has 0 saturated heterocycles. The molecule has 3 N–H and O–H groups in total. The van der Waals surface area contributed by atoms with Crippen LogP contribution in [0.15, 0.2) is 71.2 Å². The molecule has 0 atom stereocenters. The number of hydrogen-bond acceptors (Lipinski definition) is 4.